The third-order valence-electron chi connectivity index (χ3n) is 3.58. The lowest BCUT2D eigenvalue weighted by molar-refractivity contribution is -0.116. The van der Waals surface area contributed by atoms with Gasteiger partial charge in [0, 0.05) is 11.5 Å². The van der Waals surface area contributed by atoms with Gasteiger partial charge in [-0.25, -0.2) is 0 Å². The fraction of sp³-hybridized carbons (Fsp3) is 0.917. The molecule has 0 radical (unpaired) electrons. The van der Waals surface area contributed by atoms with E-state index in [0.29, 0.717) is 6.04 Å². The Balaban J connectivity index is 2.24. The van der Waals surface area contributed by atoms with E-state index in [0.717, 1.165) is 32.2 Å². The van der Waals surface area contributed by atoms with Gasteiger partial charge < -0.3 is 10.1 Å². The van der Waals surface area contributed by atoms with Gasteiger partial charge in [-0.1, -0.05) is 19.8 Å². The average Bonchev–Trinajstić information content (AvgIpc) is 2.67. The Labute approximate surface area is 87.5 Å². The van der Waals surface area contributed by atoms with Crippen LogP contribution < -0.4 is 5.32 Å². The molecule has 82 valence electrons. The number of hydrogen-bond acceptors (Lipinski definition) is 2. The summed E-state index contributed by atoms with van der Waals surface area (Å²) in [6.45, 7) is 5.37. The highest BCUT2D eigenvalue weighted by Gasteiger charge is 2.32. The van der Waals surface area contributed by atoms with Crippen molar-refractivity contribution in [1.29, 1.82) is 0 Å². The van der Waals surface area contributed by atoms with E-state index in [4.69, 9.17) is 0 Å². The van der Waals surface area contributed by atoms with Gasteiger partial charge in [0.05, 0.1) is 0 Å². The van der Waals surface area contributed by atoms with Gasteiger partial charge in [0.2, 0.25) is 0 Å². The normalized spacial score (nSPS) is 22.1. The van der Waals surface area contributed by atoms with Gasteiger partial charge in [-0.15, -0.1) is 0 Å². The second kappa shape index (κ2) is 5.50. The predicted molar refractivity (Wildman–Crippen MR) is 59.3 cm³/mol. The molecular formula is C12H23NO. The molecule has 1 atom stereocenters. The van der Waals surface area contributed by atoms with Gasteiger partial charge in [-0.2, -0.15) is 0 Å². The summed E-state index contributed by atoms with van der Waals surface area (Å²) in [5, 5.41) is 3.46. The van der Waals surface area contributed by atoms with Crippen LogP contribution in [0.5, 0.6) is 0 Å². The fourth-order valence-corrected chi connectivity index (χ4v) is 2.22. The first-order chi connectivity index (χ1) is 6.72. The van der Waals surface area contributed by atoms with Gasteiger partial charge in [0.1, 0.15) is 6.29 Å². The second-order valence-electron chi connectivity index (χ2n) is 4.70. The molecule has 0 amide bonds. The first-order valence-corrected chi connectivity index (χ1v) is 5.92. The van der Waals surface area contributed by atoms with E-state index >= 15 is 0 Å². The molecule has 0 aliphatic heterocycles. The maximum Gasteiger partial charge on any atom is 0.126 e. The Morgan fingerprint density at radius 1 is 1.43 bits per heavy atom. The Bertz CT molecular complexity index is 173. The number of carbonyl (C=O) groups is 1. The van der Waals surface area contributed by atoms with Crippen LogP contribution in [0.4, 0.5) is 0 Å². The van der Waals surface area contributed by atoms with Crippen LogP contribution >= 0.6 is 0 Å². The topological polar surface area (TPSA) is 29.1 Å². The molecule has 2 nitrogen and oxygen atoms in total. The first-order valence-electron chi connectivity index (χ1n) is 5.92. The summed E-state index contributed by atoms with van der Waals surface area (Å²) in [5.74, 6) is 0. The van der Waals surface area contributed by atoms with Crippen LogP contribution in [0.15, 0.2) is 0 Å². The number of nitrogens with one attached hydrogen (secondary N) is 1. The van der Waals surface area contributed by atoms with Gasteiger partial charge in [-0.05, 0) is 39.2 Å². The molecule has 1 saturated carbocycles. The van der Waals surface area contributed by atoms with Crippen molar-refractivity contribution < 1.29 is 4.79 Å². The molecule has 0 saturated heterocycles. The van der Waals surface area contributed by atoms with Crippen LogP contribution in [-0.2, 0) is 4.79 Å². The van der Waals surface area contributed by atoms with Crippen LogP contribution in [0, 0.1) is 5.41 Å². The van der Waals surface area contributed by atoms with Crippen molar-refractivity contribution in [3.63, 3.8) is 0 Å². The predicted octanol–water partition coefficient (Wildman–Crippen LogP) is 2.52. The van der Waals surface area contributed by atoms with Crippen molar-refractivity contribution in [2.24, 2.45) is 5.41 Å². The highest BCUT2D eigenvalue weighted by atomic mass is 16.1. The number of rotatable bonds is 6. The highest BCUT2D eigenvalue weighted by Crippen LogP contribution is 2.38. The molecule has 1 N–H and O–H groups in total. The summed E-state index contributed by atoms with van der Waals surface area (Å²) in [6, 6.07) is 0.583. The molecule has 0 heterocycles. The van der Waals surface area contributed by atoms with Gasteiger partial charge in [-0.3, -0.25) is 0 Å². The molecule has 0 aromatic rings. The highest BCUT2D eigenvalue weighted by molar-refractivity contribution is 5.59. The summed E-state index contributed by atoms with van der Waals surface area (Å²) in [7, 11) is 0. The lowest BCUT2D eigenvalue weighted by Crippen LogP contribution is -2.31. The lowest BCUT2D eigenvalue weighted by Gasteiger charge is -2.22. The van der Waals surface area contributed by atoms with E-state index in [9.17, 15) is 4.79 Å². The Morgan fingerprint density at radius 2 is 2.07 bits per heavy atom. The maximum atomic E-state index is 11.0. The average molecular weight is 197 g/mol. The molecule has 1 fully saturated rings. The quantitative estimate of drug-likeness (QED) is 0.663. The monoisotopic (exact) mass is 197 g/mol. The van der Waals surface area contributed by atoms with Gasteiger partial charge >= 0.3 is 0 Å². The van der Waals surface area contributed by atoms with E-state index in [1.165, 1.54) is 19.1 Å². The van der Waals surface area contributed by atoms with Crippen LogP contribution in [0.3, 0.4) is 0 Å². The SMILES string of the molecule is CCC(C)NCCC1(C=O)CCCC1. The van der Waals surface area contributed by atoms with E-state index in [2.05, 4.69) is 19.2 Å². The van der Waals surface area contributed by atoms with Crippen LogP contribution in [-0.4, -0.2) is 18.9 Å². The van der Waals surface area contributed by atoms with Gasteiger partial charge in [0.25, 0.3) is 0 Å². The van der Waals surface area contributed by atoms with Crippen LogP contribution in [0.2, 0.25) is 0 Å². The van der Waals surface area contributed by atoms with Crippen LogP contribution in [0.25, 0.3) is 0 Å². The molecule has 0 aromatic heterocycles. The minimum Gasteiger partial charge on any atom is -0.314 e. The Kier molecular flexibility index (Phi) is 4.59. The molecule has 2 heteroatoms. The number of hydrogen-bond donors (Lipinski definition) is 1. The Morgan fingerprint density at radius 3 is 2.57 bits per heavy atom. The van der Waals surface area contributed by atoms with Crippen molar-refractivity contribution in [3.8, 4) is 0 Å². The molecule has 0 bridgehead atoms. The summed E-state index contributed by atoms with van der Waals surface area (Å²) < 4.78 is 0. The zero-order chi connectivity index (χ0) is 10.4. The number of aldehydes is 1. The number of carbonyl (C=O) groups excluding carboxylic acids is 1. The summed E-state index contributed by atoms with van der Waals surface area (Å²) in [4.78, 5) is 11.0. The third-order valence-corrected chi connectivity index (χ3v) is 3.58. The second-order valence-corrected chi connectivity index (χ2v) is 4.70. The van der Waals surface area contributed by atoms with Crippen molar-refractivity contribution in [1.82, 2.24) is 5.32 Å². The summed E-state index contributed by atoms with van der Waals surface area (Å²) in [6.07, 6.45) is 8.09. The van der Waals surface area contributed by atoms with Crippen molar-refractivity contribution >= 4 is 6.29 Å². The molecular weight excluding hydrogens is 174 g/mol. The van der Waals surface area contributed by atoms with E-state index in [-0.39, 0.29) is 5.41 Å². The van der Waals surface area contributed by atoms with E-state index in [1.54, 1.807) is 0 Å². The standard InChI is InChI=1S/C12H23NO/c1-3-11(2)13-9-8-12(10-14)6-4-5-7-12/h10-11,13H,3-9H2,1-2H3. The zero-order valence-corrected chi connectivity index (χ0v) is 9.51. The van der Waals surface area contributed by atoms with E-state index < -0.39 is 0 Å². The molecule has 1 aliphatic carbocycles. The first kappa shape index (κ1) is 11.7. The largest absolute Gasteiger partial charge is 0.314 e. The molecule has 1 rings (SSSR count). The van der Waals surface area contributed by atoms with Crippen molar-refractivity contribution in [2.75, 3.05) is 6.54 Å². The lowest BCUT2D eigenvalue weighted by atomic mass is 9.84. The molecule has 0 aromatic carbocycles. The summed E-state index contributed by atoms with van der Waals surface area (Å²) in [5.41, 5.74) is 0.0282. The molecule has 1 aliphatic rings. The van der Waals surface area contributed by atoms with Crippen molar-refractivity contribution in [2.45, 2.75) is 58.4 Å². The van der Waals surface area contributed by atoms with Gasteiger partial charge in [0.15, 0.2) is 0 Å². The van der Waals surface area contributed by atoms with E-state index in [1.807, 2.05) is 0 Å². The smallest absolute Gasteiger partial charge is 0.126 e. The Hall–Kier alpha value is -0.370. The third kappa shape index (κ3) is 3.09. The molecule has 14 heavy (non-hydrogen) atoms. The minimum atomic E-state index is 0.0282. The summed E-state index contributed by atoms with van der Waals surface area (Å²) >= 11 is 0. The molecule has 0 spiro atoms. The maximum absolute atomic E-state index is 11.0. The van der Waals surface area contributed by atoms with Crippen molar-refractivity contribution in [3.05, 3.63) is 0 Å². The zero-order valence-electron chi connectivity index (χ0n) is 9.51. The van der Waals surface area contributed by atoms with Crippen LogP contribution in [0.1, 0.15) is 52.4 Å². The fourth-order valence-electron chi connectivity index (χ4n) is 2.22. The molecule has 1 unspecified atom stereocenters. The minimum absolute atomic E-state index is 0.0282.